The van der Waals surface area contributed by atoms with Crippen molar-refractivity contribution < 1.29 is 23.9 Å². The monoisotopic (exact) mass is 590 g/mol. The lowest BCUT2D eigenvalue weighted by atomic mass is 10.1. The molecule has 1 fully saturated rings. The first-order valence-corrected chi connectivity index (χ1v) is 13.2. The van der Waals surface area contributed by atoms with Crippen LogP contribution >= 0.6 is 46.6 Å². The fourth-order valence-corrected chi connectivity index (χ4v) is 4.95. The summed E-state index contributed by atoms with van der Waals surface area (Å²) in [6.45, 7) is 1.67. The quantitative estimate of drug-likeness (QED) is 0.279. The third-order valence-corrected chi connectivity index (χ3v) is 7.33. The Morgan fingerprint density at radius 3 is 2.45 bits per heavy atom. The molecule has 7 nitrogen and oxygen atoms in total. The maximum absolute atomic E-state index is 12.9. The van der Waals surface area contributed by atoms with Crippen LogP contribution in [0.25, 0.3) is 6.08 Å². The van der Waals surface area contributed by atoms with Crippen LogP contribution in [0.3, 0.4) is 0 Å². The van der Waals surface area contributed by atoms with E-state index in [0.29, 0.717) is 21.3 Å². The average molecular weight is 592 g/mol. The highest BCUT2D eigenvalue weighted by molar-refractivity contribution is 8.18. The van der Waals surface area contributed by atoms with Crippen molar-refractivity contribution in [2.45, 2.75) is 13.5 Å². The number of amides is 3. The summed E-state index contributed by atoms with van der Waals surface area (Å²) in [5.41, 5.74) is 2.73. The Balaban J connectivity index is 1.45. The van der Waals surface area contributed by atoms with Crippen LogP contribution in [0.15, 0.2) is 59.5 Å². The second kappa shape index (κ2) is 12.1. The Bertz CT molecular complexity index is 1440. The van der Waals surface area contributed by atoms with Gasteiger partial charge in [-0.05, 0) is 77.9 Å². The largest absolute Gasteiger partial charge is 0.493 e. The van der Waals surface area contributed by atoms with Gasteiger partial charge < -0.3 is 14.8 Å². The van der Waals surface area contributed by atoms with Gasteiger partial charge in [-0.25, -0.2) is 0 Å². The molecule has 0 atom stereocenters. The fraction of sp³-hybridized carbons (Fsp3) is 0.148. The molecule has 0 aromatic heterocycles. The van der Waals surface area contributed by atoms with Crippen molar-refractivity contribution in [2.75, 3.05) is 19.0 Å². The number of halogens is 3. The zero-order valence-corrected chi connectivity index (χ0v) is 23.3. The molecule has 1 aliphatic heterocycles. The van der Waals surface area contributed by atoms with Gasteiger partial charge in [0.1, 0.15) is 0 Å². The zero-order chi connectivity index (χ0) is 27.4. The van der Waals surface area contributed by atoms with E-state index in [1.165, 1.54) is 7.11 Å². The molecule has 4 rings (SSSR count). The molecule has 0 bridgehead atoms. The van der Waals surface area contributed by atoms with Crippen LogP contribution in [0.1, 0.15) is 16.7 Å². The second-order valence-electron chi connectivity index (χ2n) is 8.23. The van der Waals surface area contributed by atoms with Crippen molar-refractivity contribution in [1.29, 1.82) is 0 Å². The molecule has 3 aromatic carbocycles. The molecule has 0 spiro atoms. The summed E-state index contributed by atoms with van der Waals surface area (Å²) < 4.78 is 11.0. The minimum Gasteiger partial charge on any atom is -0.493 e. The summed E-state index contributed by atoms with van der Waals surface area (Å²) in [6.07, 6.45) is 1.55. The molecule has 38 heavy (non-hydrogen) atoms. The third-order valence-electron chi connectivity index (χ3n) is 5.48. The number of thioether (sulfide) groups is 1. The summed E-state index contributed by atoms with van der Waals surface area (Å²) in [6, 6.07) is 15.3. The highest BCUT2D eigenvalue weighted by Crippen LogP contribution is 2.39. The average Bonchev–Trinajstić information content (AvgIpc) is 3.13. The molecular formula is C27H21Cl3N2O5S. The number of benzene rings is 3. The lowest BCUT2D eigenvalue weighted by molar-refractivity contribution is -0.123. The highest BCUT2D eigenvalue weighted by Gasteiger charge is 2.35. The number of ether oxygens (including phenoxy) is 2. The topological polar surface area (TPSA) is 84.9 Å². The summed E-state index contributed by atoms with van der Waals surface area (Å²) >= 11 is 19.3. The number of nitrogens with zero attached hydrogens (tertiary/aromatic N) is 1. The third kappa shape index (κ3) is 6.63. The lowest BCUT2D eigenvalue weighted by Gasteiger charge is -2.14. The minimum absolute atomic E-state index is 0.132. The predicted molar refractivity (Wildman–Crippen MR) is 151 cm³/mol. The maximum Gasteiger partial charge on any atom is 0.293 e. The van der Waals surface area contributed by atoms with E-state index in [-0.39, 0.29) is 39.8 Å². The molecule has 3 amide bonds. The Morgan fingerprint density at radius 2 is 1.76 bits per heavy atom. The van der Waals surface area contributed by atoms with Crippen LogP contribution in [0.5, 0.6) is 11.5 Å². The summed E-state index contributed by atoms with van der Waals surface area (Å²) in [5, 5.41) is 3.60. The number of nitrogens with one attached hydrogen (secondary N) is 1. The number of carbonyl (C=O) groups excluding carboxylic acids is 3. The van der Waals surface area contributed by atoms with E-state index >= 15 is 0 Å². The van der Waals surface area contributed by atoms with Gasteiger partial charge in [0.15, 0.2) is 18.1 Å². The number of anilines is 1. The summed E-state index contributed by atoms with van der Waals surface area (Å²) in [7, 11) is 1.43. The molecule has 196 valence electrons. The molecule has 1 saturated heterocycles. The van der Waals surface area contributed by atoms with Gasteiger partial charge in [0.2, 0.25) is 0 Å². The van der Waals surface area contributed by atoms with Gasteiger partial charge in [0, 0.05) is 15.7 Å². The van der Waals surface area contributed by atoms with Crippen LogP contribution in [0.2, 0.25) is 15.1 Å². The van der Waals surface area contributed by atoms with Gasteiger partial charge in [-0.3, -0.25) is 19.3 Å². The molecule has 0 radical (unpaired) electrons. The van der Waals surface area contributed by atoms with Crippen LogP contribution in [0.4, 0.5) is 10.5 Å². The smallest absolute Gasteiger partial charge is 0.293 e. The van der Waals surface area contributed by atoms with Crippen molar-refractivity contribution in [2.24, 2.45) is 0 Å². The predicted octanol–water partition coefficient (Wildman–Crippen LogP) is 7.22. The van der Waals surface area contributed by atoms with Gasteiger partial charge in [-0.15, -0.1) is 0 Å². The standard InChI is InChI=1S/C27H21Cl3N2O5S/c1-15-3-8-19(12-20(15)29)31-24(33)14-37-25-21(30)9-17(10-22(25)36-2)11-23-26(34)32(27(35)38-23)13-16-4-6-18(28)7-5-16/h3-12H,13-14H2,1-2H3,(H,31,33)/b23-11-. The van der Waals surface area contributed by atoms with Crippen LogP contribution in [-0.4, -0.2) is 35.7 Å². The Morgan fingerprint density at radius 1 is 1.03 bits per heavy atom. The number of hydrogen-bond donors (Lipinski definition) is 1. The van der Waals surface area contributed by atoms with Crippen molar-refractivity contribution in [1.82, 2.24) is 4.90 Å². The molecule has 1 N–H and O–H groups in total. The summed E-state index contributed by atoms with van der Waals surface area (Å²) in [4.78, 5) is 39.2. The maximum atomic E-state index is 12.9. The van der Waals surface area contributed by atoms with E-state index in [9.17, 15) is 14.4 Å². The van der Waals surface area contributed by atoms with Gasteiger partial charge >= 0.3 is 0 Å². The van der Waals surface area contributed by atoms with Crippen LogP contribution in [0, 0.1) is 6.92 Å². The van der Waals surface area contributed by atoms with Gasteiger partial charge in [0.05, 0.1) is 23.6 Å². The number of carbonyl (C=O) groups is 3. The molecule has 0 unspecified atom stereocenters. The van der Waals surface area contributed by atoms with E-state index in [2.05, 4.69) is 5.32 Å². The van der Waals surface area contributed by atoms with Crippen molar-refractivity contribution >= 4 is 75.4 Å². The van der Waals surface area contributed by atoms with Gasteiger partial charge in [0.25, 0.3) is 17.1 Å². The SMILES string of the molecule is COc1cc(/C=C2\SC(=O)N(Cc3ccc(Cl)cc3)C2=O)cc(Cl)c1OCC(=O)Nc1ccc(C)c(Cl)c1. The molecule has 3 aromatic rings. The zero-order valence-electron chi connectivity index (χ0n) is 20.2. The van der Waals surface area contributed by atoms with Gasteiger partial charge in [-0.2, -0.15) is 0 Å². The lowest BCUT2D eigenvalue weighted by Crippen LogP contribution is -2.27. The van der Waals surface area contributed by atoms with Gasteiger partial charge in [-0.1, -0.05) is 53.0 Å². The fourth-order valence-electron chi connectivity index (χ4n) is 3.53. The van der Waals surface area contributed by atoms with Crippen molar-refractivity contribution in [3.05, 3.63) is 91.3 Å². The Hall–Kier alpha value is -3.17. The highest BCUT2D eigenvalue weighted by atomic mass is 35.5. The number of methoxy groups -OCH3 is 1. The van der Waals surface area contributed by atoms with Crippen LogP contribution in [-0.2, 0) is 16.1 Å². The molecule has 1 heterocycles. The first kappa shape index (κ1) is 27.9. The van der Waals surface area contributed by atoms with E-state index in [1.807, 2.05) is 6.92 Å². The van der Waals surface area contributed by atoms with E-state index in [4.69, 9.17) is 44.3 Å². The Kier molecular flexibility index (Phi) is 8.89. The minimum atomic E-state index is -0.418. The molecule has 0 aliphatic carbocycles. The first-order valence-electron chi connectivity index (χ1n) is 11.2. The second-order valence-corrected chi connectivity index (χ2v) is 10.5. The Labute approximate surface area is 238 Å². The molecule has 11 heteroatoms. The van der Waals surface area contributed by atoms with E-state index in [0.717, 1.165) is 27.8 Å². The first-order chi connectivity index (χ1) is 18.1. The number of rotatable bonds is 8. The molecular weight excluding hydrogens is 571 g/mol. The van der Waals surface area contributed by atoms with Crippen molar-refractivity contribution in [3.63, 3.8) is 0 Å². The van der Waals surface area contributed by atoms with E-state index in [1.54, 1.807) is 60.7 Å². The number of hydrogen-bond acceptors (Lipinski definition) is 6. The normalized spacial score (nSPS) is 14.2. The molecule has 0 saturated carbocycles. The van der Waals surface area contributed by atoms with Crippen LogP contribution < -0.4 is 14.8 Å². The summed E-state index contributed by atoms with van der Waals surface area (Å²) in [5.74, 6) is -0.408. The number of imide groups is 1. The molecule has 1 aliphatic rings. The van der Waals surface area contributed by atoms with E-state index < -0.39 is 11.8 Å². The number of aryl methyl sites for hydroxylation is 1. The van der Waals surface area contributed by atoms with Crippen molar-refractivity contribution in [3.8, 4) is 11.5 Å².